The van der Waals surface area contributed by atoms with Crippen molar-refractivity contribution in [2.24, 2.45) is 0 Å². The summed E-state index contributed by atoms with van der Waals surface area (Å²) in [5.74, 6) is -2.74. The Morgan fingerprint density at radius 1 is 1.17 bits per heavy atom. The Bertz CT molecular complexity index is 1090. The number of aliphatic carboxylic acids is 1. The van der Waals surface area contributed by atoms with E-state index in [9.17, 15) is 29.3 Å². The van der Waals surface area contributed by atoms with E-state index in [2.05, 4.69) is 0 Å². The van der Waals surface area contributed by atoms with E-state index < -0.39 is 35.3 Å². The predicted molar refractivity (Wildman–Crippen MR) is 102 cm³/mol. The molecule has 4 amide bonds. The number of nitrogens with zero attached hydrogens (tertiary/aromatic N) is 2. The van der Waals surface area contributed by atoms with Gasteiger partial charge >= 0.3 is 12.0 Å². The Morgan fingerprint density at radius 3 is 2.50 bits per heavy atom. The second-order valence-electron chi connectivity index (χ2n) is 5.99. The first-order valence-corrected chi connectivity index (χ1v) is 8.37. The van der Waals surface area contributed by atoms with Crippen LogP contribution >= 0.6 is 0 Å². The summed E-state index contributed by atoms with van der Waals surface area (Å²) in [5, 5.41) is 21.6. The maximum Gasteiger partial charge on any atom is 0.341 e. The Hall–Kier alpha value is -4.54. The van der Waals surface area contributed by atoms with Crippen molar-refractivity contribution in [1.29, 1.82) is 0 Å². The van der Waals surface area contributed by atoms with Crippen molar-refractivity contribution in [3.63, 3.8) is 0 Å². The quantitative estimate of drug-likeness (QED) is 0.315. The summed E-state index contributed by atoms with van der Waals surface area (Å²) in [6, 6.07) is 9.72. The monoisotopic (exact) mass is 411 g/mol. The molecule has 2 aromatic rings. The summed E-state index contributed by atoms with van der Waals surface area (Å²) >= 11 is 0. The second kappa shape index (κ2) is 8.22. The van der Waals surface area contributed by atoms with E-state index in [1.807, 2.05) is 5.32 Å². The van der Waals surface area contributed by atoms with Gasteiger partial charge in [0.2, 0.25) is 0 Å². The Labute approximate surface area is 168 Å². The number of barbiturate groups is 1. The minimum absolute atomic E-state index is 0.0671. The molecule has 0 spiro atoms. The van der Waals surface area contributed by atoms with E-state index in [1.165, 1.54) is 48.5 Å². The molecule has 1 fully saturated rings. The van der Waals surface area contributed by atoms with Crippen LogP contribution < -0.4 is 15.0 Å². The molecule has 0 aliphatic carbocycles. The van der Waals surface area contributed by atoms with Crippen LogP contribution in [0.2, 0.25) is 0 Å². The molecule has 0 radical (unpaired) electrons. The predicted octanol–water partition coefficient (Wildman–Crippen LogP) is 1.72. The molecule has 0 bridgehead atoms. The van der Waals surface area contributed by atoms with Crippen LogP contribution in [0.1, 0.15) is 5.56 Å². The van der Waals surface area contributed by atoms with Crippen molar-refractivity contribution < 1.29 is 33.9 Å². The van der Waals surface area contributed by atoms with Gasteiger partial charge in [-0.1, -0.05) is 18.2 Å². The summed E-state index contributed by atoms with van der Waals surface area (Å²) in [7, 11) is 0. The van der Waals surface area contributed by atoms with Gasteiger partial charge in [0.1, 0.15) is 11.3 Å². The van der Waals surface area contributed by atoms with Crippen molar-refractivity contribution in [3.05, 3.63) is 69.8 Å². The Kier molecular flexibility index (Phi) is 5.54. The number of carboxylic acid groups (broad SMARTS) is 1. The Balaban J connectivity index is 1.89. The lowest BCUT2D eigenvalue weighted by Gasteiger charge is -2.26. The highest BCUT2D eigenvalue weighted by Crippen LogP contribution is 2.25. The molecule has 1 aliphatic rings. The molecule has 11 nitrogen and oxygen atoms in total. The molecule has 152 valence electrons. The number of benzene rings is 2. The summed E-state index contributed by atoms with van der Waals surface area (Å²) in [6.07, 6.45) is 1.23. The van der Waals surface area contributed by atoms with Crippen molar-refractivity contribution >= 4 is 41.3 Å². The highest BCUT2D eigenvalue weighted by molar-refractivity contribution is 6.39. The van der Waals surface area contributed by atoms with Crippen LogP contribution in [0, 0.1) is 10.1 Å². The molecule has 1 heterocycles. The van der Waals surface area contributed by atoms with E-state index in [0.29, 0.717) is 10.5 Å². The summed E-state index contributed by atoms with van der Waals surface area (Å²) < 4.78 is 5.00. The number of urea groups is 1. The maximum atomic E-state index is 12.8. The lowest BCUT2D eigenvalue weighted by molar-refractivity contribution is -0.384. The van der Waals surface area contributed by atoms with Crippen LogP contribution in [0.5, 0.6) is 5.75 Å². The highest BCUT2D eigenvalue weighted by atomic mass is 16.6. The number of imide groups is 2. The average molecular weight is 411 g/mol. The van der Waals surface area contributed by atoms with Gasteiger partial charge in [-0.25, -0.2) is 14.5 Å². The SMILES string of the molecule is O=C(O)COc1ccc(/C=C2\C(=O)NC(=O)N(c3cccc([N+](=O)[O-])c3)C2=O)cc1. The summed E-state index contributed by atoms with van der Waals surface area (Å²) in [4.78, 5) is 58.6. The number of non-ortho nitro benzene ring substituents is 1. The molecule has 3 rings (SSSR count). The number of hydrogen-bond donors (Lipinski definition) is 2. The lowest BCUT2D eigenvalue weighted by Crippen LogP contribution is -2.54. The number of amides is 4. The zero-order valence-corrected chi connectivity index (χ0v) is 15.1. The number of nitro benzene ring substituents is 1. The molecular weight excluding hydrogens is 398 g/mol. The molecule has 1 aliphatic heterocycles. The topological polar surface area (TPSA) is 156 Å². The fourth-order valence-electron chi connectivity index (χ4n) is 2.61. The largest absolute Gasteiger partial charge is 0.482 e. The average Bonchev–Trinajstić information content (AvgIpc) is 2.70. The minimum atomic E-state index is -1.14. The smallest absolute Gasteiger partial charge is 0.341 e. The number of carboxylic acids is 1. The Morgan fingerprint density at radius 2 is 1.87 bits per heavy atom. The number of nitrogens with one attached hydrogen (secondary N) is 1. The van der Waals surface area contributed by atoms with E-state index in [4.69, 9.17) is 9.84 Å². The first-order valence-electron chi connectivity index (χ1n) is 8.37. The van der Waals surface area contributed by atoms with E-state index in [-0.39, 0.29) is 22.7 Å². The van der Waals surface area contributed by atoms with Gasteiger partial charge in [-0.3, -0.25) is 25.0 Å². The number of ether oxygens (including phenoxy) is 1. The summed E-state index contributed by atoms with van der Waals surface area (Å²) in [6.45, 7) is -0.526. The molecule has 2 aromatic carbocycles. The third kappa shape index (κ3) is 4.30. The van der Waals surface area contributed by atoms with Crippen molar-refractivity contribution in [3.8, 4) is 5.75 Å². The van der Waals surface area contributed by atoms with Crippen LogP contribution in [0.3, 0.4) is 0 Å². The molecule has 0 aromatic heterocycles. The molecule has 30 heavy (non-hydrogen) atoms. The zero-order valence-electron chi connectivity index (χ0n) is 15.1. The minimum Gasteiger partial charge on any atom is -0.482 e. The van der Waals surface area contributed by atoms with Gasteiger partial charge in [0.25, 0.3) is 17.5 Å². The van der Waals surface area contributed by atoms with Gasteiger partial charge in [0.05, 0.1) is 10.6 Å². The van der Waals surface area contributed by atoms with Crippen molar-refractivity contribution in [2.75, 3.05) is 11.5 Å². The van der Waals surface area contributed by atoms with E-state index >= 15 is 0 Å². The first-order chi connectivity index (χ1) is 14.3. The number of carbonyl (C=O) groups is 4. The molecule has 11 heteroatoms. The second-order valence-corrected chi connectivity index (χ2v) is 5.99. The van der Waals surface area contributed by atoms with E-state index in [1.54, 1.807) is 0 Å². The van der Waals surface area contributed by atoms with Gasteiger partial charge in [0, 0.05) is 12.1 Å². The first kappa shape index (κ1) is 20.2. The zero-order chi connectivity index (χ0) is 21.8. The maximum absolute atomic E-state index is 12.8. The third-order valence-electron chi connectivity index (χ3n) is 3.95. The highest BCUT2D eigenvalue weighted by Gasteiger charge is 2.37. The third-order valence-corrected chi connectivity index (χ3v) is 3.95. The molecule has 0 atom stereocenters. The lowest BCUT2D eigenvalue weighted by atomic mass is 10.1. The fraction of sp³-hybridized carbons (Fsp3) is 0.0526. The molecule has 1 saturated heterocycles. The molecular formula is C19H13N3O8. The van der Waals surface area contributed by atoms with Crippen LogP contribution in [0.25, 0.3) is 6.08 Å². The number of carbonyl (C=O) groups excluding carboxylic acids is 3. The van der Waals surface area contributed by atoms with Crippen molar-refractivity contribution in [1.82, 2.24) is 5.32 Å². The van der Waals surface area contributed by atoms with Gasteiger partial charge < -0.3 is 9.84 Å². The molecule has 0 unspecified atom stereocenters. The standard InChI is InChI=1S/C19H13N3O8/c23-16(24)10-30-14-6-4-11(5-7-14)8-15-17(25)20-19(27)21(18(15)26)12-2-1-3-13(9-12)22(28)29/h1-9H,10H2,(H,23,24)(H,20,25,27)/b15-8+. The van der Waals surface area contributed by atoms with Crippen molar-refractivity contribution in [2.45, 2.75) is 0 Å². The van der Waals surface area contributed by atoms with Crippen LogP contribution in [0.15, 0.2) is 54.1 Å². The number of hydrogen-bond acceptors (Lipinski definition) is 7. The summed E-state index contributed by atoms with van der Waals surface area (Å²) in [5.41, 5.74) is -0.347. The van der Waals surface area contributed by atoms with Gasteiger partial charge in [-0.2, -0.15) is 0 Å². The van der Waals surface area contributed by atoms with Gasteiger partial charge in [-0.05, 0) is 29.8 Å². The normalized spacial score (nSPS) is 15.1. The fourth-order valence-corrected chi connectivity index (χ4v) is 2.61. The van der Waals surface area contributed by atoms with E-state index in [0.717, 1.165) is 6.07 Å². The molecule has 2 N–H and O–H groups in total. The number of rotatable bonds is 6. The number of nitro groups is 1. The molecule has 0 saturated carbocycles. The van der Waals surface area contributed by atoms with Crippen LogP contribution in [-0.2, 0) is 14.4 Å². The number of anilines is 1. The van der Waals surface area contributed by atoms with Crippen LogP contribution in [0.4, 0.5) is 16.2 Å². The van der Waals surface area contributed by atoms with Gasteiger partial charge in [-0.15, -0.1) is 0 Å². The van der Waals surface area contributed by atoms with Crippen LogP contribution in [-0.4, -0.2) is 40.5 Å². The van der Waals surface area contributed by atoms with Gasteiger partial charge in [0.15, 0.2) is 6.61 Å².